The third-order valence-electron chi connectivity index (χ3n) is 2.41. The minimum Gasteiger partial charge on any atom is -0.369 e. The van der Waals surface area contributed by atoms with E-state index in [0.717, 1.165) is 0 Å². The summed E-state index contributed by atoms with van der Waals surface area (Å²) in [5, 5.41) is 2.67. The van der Waals surface area contributed by atoms with Gasteiger partial charge in [-0.2, -0.15) is 0 Å². The van der Waals surface area contributed by atoms with Crippen molar-refractivity contribution in [2.45, 2.75) is 31.9 Å². The largest absolute Gasteiger partial charge is 0.369 e. The van der Waals surface area contributed by atoms with Crippen LogP contribution in [0.2, 0.25) is 0 Å². The highest BCUT2D eigenvalue weighted by Gasteiger charge is 2.52. The van der Waals surface area contributed by atoms with Crippen molar-refractivity contribution in [3.63, 3.8) is 0 Å². The maximum Gasteiger partial charge on any atom is 0.217 e. The normalized spacial score (nSPS) is 34.2. The highest BCUT2D eigenvalue weighted by molar-refractivity contribution is 5.96. The van der Waals surface area contributed by atoms with Crippen LogP contribution in [-0.2, 0) is 14.3 Å². The van der Waals surface area contributed by atoms with Gasteiger partial charge in [-0.3, -0.25) is 9.59 Å². The molecule has 4 nitrogen and oxygen atoms in total. The first-order valence-corrected chi connectivity index (χ1v) is 3.86. The zero-order chi connectivity index (χ0) is 9.35. The van der Waals surface area contributed by atoms with Crippen LogP contribution in [0.15, 0.2) is 0 Å². The van der Waals surface area contributed by atoms with Gasteiger partial charge < -0.3 is 10.1 Å². The molecule has 0 heterocycles. The van der Waals surface area contributed by atoms with Gasteiger partial charge in [0.05, 0.1) is 6.04 Å². The molecule has 0 aromatic heterocycles. The average Bonchev–Trinajstić information content (AvgIpc) is 2.02. The topological polar surface area (TPSA) is 55.4 Å². The Labute approximate surface area is 71.3 Å². The van der Waals surface area contributed by atoms with Gasteiger partial charge in [0.25, 0.3) is 0 Å². The highest BCUT2D eigenvalue weighted by Crippen LogP contribution is 2.31. The van der Waals surface area contributed by atoms with Gasteiger partial charge in [0.2, 0.25) is 5.91 Å². The molecule has 4 heteroatoms. The molecule has 1 amide bonds. The monoisotopic (exact) mass is 171 g/mol. The highest BCUT2D eigenvalue weighted by atomic mass is 16.5. The quantitative estimate of drug-likeness (QED) is 0.629. The molecule has 1 saturated carbocycles. The Hall–Kier alpha value is -0.900. The third kappa shape index (κ3) is 1.22. The predicted molar refractivity (Wildman–Crippen MR) is 42.6 cm³/mol. The summed E-state index contributed by atoms with van der Waals surface area (Å²) in [5.41, 5.74) is -0.800. The molecule has 1 fully saturated rings. The van der Waals surface area contributed by atoms with Crippen molar-refractivity contribution in [2.75, 3.05) is 7.11 Å². The number of ketones is 1. The number of nitrogens with one attached hydrogen (secondary N) is 1. The Kier molecular flexibility index (Phi) is 2.19. The lowest BCUT2D eigenvalue weighted by Gasteiger charge is -2.43. The van der Waals surface area contributed by atoms with Crippen molar-refractivity contribution >= 4 is 11.7 Å². The third-order valence-corrected chi connectivity index (χ3v) is 2.41. The van der Waals surface area contributed by atoms with E-state index >= 15 is 0 Å². The summed E-state index contributed by atoms with van der Waals surface area (Å²) in [7, 11) is 1.48. The Morgan fingerprint density at radius 3 is 2.67 bits per heavy atom. The molecule has 0 radical (unpaired) electrons. The molecule has 0 unspecified atom stereocenters. The van der Waals surface area contributed by atoms with Crippen LogP contribution in [0.3, 0.4) is 0 Å². The van der Waals surface area contributed by atoms with Gasteiger partial charge in [0, 0.05) is 20.5 Å². The van der Waals surface area contributed by atoms with Gasteiger partial charge in [0.15, 0.2) is 5.78 Å². The first-order chi connectivity index (χ1) is 5.50. The van der Waals surface area contributed by atoms with E-state index in [-0.39, 0.29) is 17.7 Å². The van der Waals surface area contributed by atoms with E-state index in [1.807, 2.05) is 0 Å². The molecule has 0 saturated heterocycles. The first kappa shape index (κ1) is 9.19. The maximum atomic E-state index is 11.1. The van der Waals surface area contributed by atoms with Gasteiger partial charge in [-0.1, -0.05) is 0 Å². The van der Waals surface area contributed by atoms with E-state index in [9.17, 15) is 9.59 Å². The van der Waals surface area contributed by atoms with Crippen molar-refractivity contribution in [1.29, 1.82) is 0 Å². The fourth-order valence-corrected chi connectivity index (χ4v) is 1.34. The smallest absolute Gasteiger partial charge is 0.217 e. The van der Waals surface area contributed by atoms with E-state index in [2.05, 4.69) is 5.32 Å². The molecule has 1 rings (SSSR count). The Morgan fingerprint density at radius 2 is 2.33 bits per heavy atom. The molecule has 1 N–H and O–H groups in total. The molecular weight excluding hydrogens is 158 g/mol. The van der Waals surface area contributed by atoms with Gasteiger partial charge >= 0.3 is 0 Å². The van der Waals surface area contributed by atoms with Gasteiger partial charge in [0.1, 0.15) is 5.60 Å². The summed E-state index contributed by atoms with van der Waals surface area (Å²) in [5.74, 6) is -0.0838. The molecule has 0 aromatic rings. The van der Waals surface area contributed by atoms with E-state index in [4.69, 9.17) is 4.74 Å². The summed E-state index contributed by atoms with van der Waals surface area (Å²) in [6.45, 7) is 3.12. The predicted octanol–water partition coefficient (Wildman–Crippen LogP) is -0.131. The summed E-state index contributed by atoms with van der Waals surface area (Å²) in [6.07, 6.45) is 0.379. The van der Waals surface area contributed by atoms with Gasteiger partial charge in [-0.15, -0.1) is 0 Å². The second-order valence-electron chi connectivity index (χ2n) is 3.19. The van der Waals surface area contributed by atoms with Crippen LogP contribution >= 0.6 is 0 Å². The fourth-order valence-electron chi connectivity index (χ4n) is 1.34. The minimum absolute atomic E-state index is 0.0451. The number of hydrogen-bond donors (Lipinski definition) is 1. The van der Waals surface area contributed by atoms with Crippen molar-refractivity contribution in [1.82, 2.24) is 5.32 Å². The molecule has 68 valence electrons. The lowest BCUT2D eigenvalue weighted by atomic mass is 9.74. The van der Waals surface area contributed by atoms with Crippen LogP contribution in [0, 0.1) is 0 Å². The van der Waals surface area contributed by atoms with Crippen molar-refractivity contribution < 1.29 is 14.3 Å². The molecule has 2 atom stereocenters. The van der Waals surface area contributed by atoms with Crippen LogP contribution in [0.4, 0.5) is 0 Å². The number of amides is 1. The number of rotatable bonds is 2. The molecular formula is C8H13NO3. The molecule has 12 heavy (non-hydrogen) atoms. The van der Waals surface area contributed by atoms with Crippen LogP contribution < -0.4 is 5.32 Å². The van der Waals surface area contributed by atoms with Gasteiger partial charge in [-0.05, 0) is 6.92 Å². The van der Waals surface area contributed by atoms with Crippen molar-refractivity contribution in [3.05, 3.63) is 0 Å². The molecule has 1 aliphatic rings. The van der Waals surface area contributed by atoms with E-state index in [1.54, 1.807) is 6.92 Å². The second kappa shape index (κ2) is 2.86. The summed E-state index contributed by atoms with van der Waals surface area (Å²) >= 11 is 0. The number of carbonyl (C=O) groups excluding carboxylic acids is 2. The second-order valence-corrected chi connectivity index (χ2v) is 3.19. The van der Waals surface area contributed by atoms with E-state index in [1.165, 1.54) is 14.0 Å². The maximum absolute atomic E-state index is 11.1. The Balaban J connectivity index is 2.60. The molecule has 1 aliphatic carbocycles. The molecule has 0 aromatic carbocycles. The minimum atomic E-state index is -0.800. The van der Waals surface area contributed by atoms with Crippen LogP contribution in [0.1, 0.15) is 20.3 Å². The van der Waals surface area contributed by atoms with Crippen molar-refractivity contribution in [3.8, 4) is 0 Å². The zero-order valence-electron chi connectivity index (χ0n) is 7.51. The molecule has 0 bridgehead atoms. The molecule has 0 spiro atoms. The zero-order valence-corrected chi connectivity index (χ0v) is 7.51. The van der Waals surface area contributed by atoms with Crippen LogP contribution in [0.25, 0.3) is 0 Å². The number of carbonyl (C=O) groups is 2. The Morgan fingerprint density at radius 1 is 1.75 bits per heavy atom. The fraction of sp³-hybridized carbons (Fsp3) is 0.750. The number of ether oxygens (including phenoxy) is 1. The van der Waals surface area contributed by atoms with Crippen molar-refractivity contribution in [2.24, 2.45) is 0 Å². The van der Waals surface area contributed by atoms with E-state index < -0.39 is 5.60 Å². The summed E-state index contributed by atoms with van der Waals surface area (Å²) in [6, 6.07) is -0.160. The summed E-state index contributed by atoms with van der Waals surface area (Å²) < 4.78 is 5.04. The lowest BCUT2D eigenvalue weighted by Crippen LogP contribution is -2.66. The average molecular weight is 171 g/mol. The number of methoxy groups -OCH3 is 1. The van der Waals surface area contributed by atoms with Crippen LogP contribution in [-0.4, -0.2) is 30.4 Å². The lowest BCUT2D eigenvalue weighted by molar-refractivity contribution is -0.160. The Bertz CT molecular complexity index is 226. The SMILES string of the molecule is CO[C@]1(C)C(=O)C[C@@H]1NC(C)=O. The first-order valence-electron chi connectivity index (χ1n) is 3.86. The molecule has 0 aliphatic heterocycles. The summed E-state index contributed by atoms with van der Waals surface area (Å²) in [4.78, 5) is 21.8. The van der Waals surface area contributed by atoms with E-state index in [0.29, 0.717) is 6.42 Å². The van der Waals surface area contributed by atoms with Crippen LogP contribution in [0.5, 0.6) is 0 Å². The standard InChI is InChI=1S/C8H13NO3/c1-5(10)9-6-4-7(11)8(6,2)12-3/h6H,4H2,1-3H3,(H,9,10)/t6-,8-/m0/s1. The number of Topliss-reactive ketones (excluding diaryl/α,β-unsaturated/α-hetero) is 1. The number of hydrogen-bond acceptors (Lipinski definition) is 3. The van der Waals surface area contributed by atoms with Gasteiger partial charge in [-0.25, -0.2) is 0 Å².